The second kappa shape index (κ2) is 7.87. The fraction of sp³-hybridized carbons (Fsp3) is 0.625. The number of ether oxygens (including phenoxy) is 1. The minimum atomic E-state index is 0.773. The Morgan fingerprint density at radius 2 is 2.10 bits per heavy atom. The average molecular weight is 297 g/mol. The molecule has 112 valence electrons. The molecule has 0 atom stereocenters. The predicted octanol–water partition coefficient (Wildman–Crippen LogP) is 3.17. The molecular formula is C16H25ClN2O. The maximum Gasteiger partial charge on any atom is 0.124 e. The van der Waals surface area contributed by atoms with Gasteiger partial charge in [0.15, 0.2) is 0 Å². The summed E-state index contributed by atoms with van der Waals surface area (Å²) in [4.78, 5) is 2.42. The molecule has 1 aliphatic rings. The van der Waals surface area contributed by atoms with Crippen LogP contribution in [0.2, 0.25) is 5.02 Å². The number of likely N-dealkylation sites (tertiary alicyclic amines) is 1. The van der Waals surface area contributed by atoms with Gasteiger partial charge in [-0.05, 0) is 64.0 Å². The zero-order chi connectivity index (χ0) is 14.4. The summed E-state index contributed by atoms with van der Waals surface area (Å²) in [6.45, 7) is 4.30. The van der Waals surface area contributed by atoms with Crippen molar-refractivity contribution < 1.29 is 4.74 Å². The first-order valence-electron chi connectivity index (χ1n) is 7.41. The number of nitrogens with zero attached hydrogens (tertiary/aromatic N) is 1. The van der Waals surface area contributed by atoms with Gasteiger partial charge in [0, 0.05) is 17.1 Å². The van der Waals surface area contributed by atoms with Gasteiger partial charge in [-0.3, -0.25) is 0 Å². The van der Waals surface area contributed by atoms with Crippen LogP contribution in [0.3, 0.4) is 0 Å². The summed E-state index contributed by atoms with van der Waals surface area (Å²) in [7, 11) is 3.89. The Kier molecular flexibility index (Phi) is 6.14. The molecule has 0 unspecified atom stereocenters. The number of piperidine rings is 1. The van der Waals surface area contributed by atoms with Crippen LogP contribution in [-0.4, -0.2) is 38.7 Å². The normalized spacial score (nSPS) is 17.4. The molecule has 4 heteroatoms. The molecule has 0 amide bonds. The van der Waals surface area contributed by atoms with Gasteiger partial charge >= 0.3 is 0 Å². The molecule has 3 nitrogen and oxygen atoms in total. The average Bonchev–Trinajstić information content (AvgIpc) is 2.46. The van der Waals surface area contributed by atoms with E-state index >= 15 is 0 Å². The van der Waals surface area contributed by atoms with Crippen molar-refractivity contribution >= 4 is 11.6 Å². The van der Waals surface area contributed by atoms with Crippen molar-refractivity contribution in [2.75, 3.05) is 33.8 Å². The summed E-state index contributed by atoms with van der Waals surface area (Å²) in [6, 6.07) is 5.79. The topological polar surface area (TPSA) is 24.5 Å². The SMILES string of the molecule is COc1cccc(Cl)c1CNCCC1CCN(C)CC1. The molecule has 20 heavy (non-hydrogen) atoms. The molecule has 0 radical (unpaired) electrons. The Balaban J connectivity index is 1.73. The molecule has 1 saturated heterocycles. The van der Waals surface area contributed by atoms with E-state index in [1.54, 1.807) is 7.11 Å². The Hall–Kier alpha value is -0.770. The lowest BCUT2D eigenvalue weighted by atomic mass is 9.94. The molecule has 1 fully saturated rings. The largest absolute Gasteiger partial charge is 0.496 e. The molecule has 0 saturated carbocycles. The third kappa shape index (κ3) is 4.37. The maximum absolute atomic E-state index is 6.23. The van der Waals surface area contributed by atoms with Crippen molar-refractivity contribution in [2.24, 2.45) is 5.92 Å². The zero-order valence-electron chi connectivity index (χ0n) is 12.5. The molecule has 1 N–H and O–H groups in total. The van der Waals surface area contributed by atoms with Crippen molar-refractivity contribution in [3.8, 4) is 5.75 Å². The highest BCUT2D eigenvalue weighted by atomic mass is 35.5. The molecule has 1 aromatic rings. The third-order valence-electron chi connectivity index (χ3n) is 4.17. The molecule has 0 aromatic heterocycles. The summed E-state index contributed by atoms with van der Waals surface area (Å²) >= 11 is 6.23. The number of benzene rings is 1. The van der Waals surface area contributed by atoms with Gasteiger partial charge in [0.25, 0.3) is 0 Å². The lowest BCUT2D eigenvalue weighted by Gasteiger charge is -2.28. The first-order valence-corrected chi connectivity index (χ1v) is 7.79. The number of rotatable bonds is 6. The lowest BCUT2D eigenvalue weighted by molar-refractivity contribution is 0.211. The van der Waals surface area contributed by atoms with Gasteiger partial charge in [0.1, 0.15) is 5.75 Å². The summed E-state index contributed by atoms with van der Waals surface area (Å²) < 4.78 is 5.36. The quantitative estimate of drug-likeness (QED) is 0.816. The van der Waals surface area contributed by atoms with Gasteiger partial charge in [0.05, 0.1) is 7.11 Å². The molecule has 0 aliphatic carbocycles. The van der Waals surface area contributed by atoms with E-state index in [4.69, 9.17) is 16.3 Å². The van der Waals surface area contributed by atoms with Crippen molar-refractivity contribution in [3.05, 3.63) is 28.8 Å². The van der Waals surface area contributed by atoms with E-state index in [0.29, 0.717) is 0 Å². The van der Waals surface area contributed by atoms with Gasteiger partial charge in [-0.2, -0.15) is 0 Å². The van der Waals surface area contributed by atoms with Crippen LogP contribution in [0.15, 0.2) is 18.2 Å². The van der Waals surface area contributed by atoms with Crippen LogP contribution < -0.4 is 10.1 Å². The van der Waals surface area contributed by atoms with Crippen LogP contribution in [0.25, 0.3) is 0 Å². The number of hydrogen-bond donors (Lipinski definition) is 1. The lowest BCUT2D eigenvalue weighted by Crippen LogP contribution is -2.31. The molecule has 1 aromatic carbocycles. The van der Waals surface area contributed by atoms with Crippen LogP contribution in [0.5, 0.6) is 5.75 Å². The Bertz CT molecular complexity index is 417. The molecule has 0 bridgehead atoms. The standard InChI is InChI=1S/C16H25ClN2O/c1-19-10-7-13(8-11-19)6-9-18-12-14-15(17)4-3-5-16(14)20-2/h3-5,13,18H,6-12H2,1-2H3. The van der Waals surface area contributed by atoms with Crippen LogP contribution in [0.4, 0.5) is 0 Å². The van der Waals surface area contributed by atoms with Gasteiger partial charge in [0.2, 0.25) is 0 Å². The number of hydrogen-bond acceptors (Lipinski definition) is 3. The monoisotopic (exact) mass is 296 g/mol. The van der Waals surface area contributed by atoms with Crippen molar-refractivity contribution in [2.45, 2.75) is 25.8 Å². The fourth-order valence-corrected chi connectivity index (χ4v) is 3.00. The second-order valence-electron chi connectivity index (χ2n) is 5.63. The fourth-order valence-electron chi connectivity index (χ4n) is 2.77. The summed E-state index contributed by atoms with van der Waals surface area (Å²) in [6.07, 6.45) is 3.90. The third-order valence-corrected chi connectivity index (χ3v) is 4.52. The first-order chi connectivity index (χ1) is 9.70. The zero-order valence-corrected chi connectivity index (χ0v) is 13.2. The maximum atomic E-state index is 6.23. The summed E-state index contributed by atoms with van der Waals surface area (Å²) in [5, 5.41) is 4.27. The molecular weight excluding hydrogens is 272 g/mol. The molecule has 0 spiro atoms. The van der Waals surface area contributed by atoms with E-state index in [9.17, 15) is 0 Å². The Morgan fingerprint density at radius 1 is 1.35 bits per heavy atom. The molecule has 1 heterocycles. The number of methoxy groups -OCH3 is 1. The van der Waals surface area contributed by atoms with E-state index in [1.807, 2.05) is 18.2 Å². The minimum Gasteiger partial charge on any atom is -0.496 e. The van der Waals surface area contributed by atoms with E-state index in [1.165, 1.54) is 32.4 Å². The van der Waals surface area contributed by atoms with E-state index in [0.717, 1.165) is 35.3 Å². The number of halogens is 1. The van der Waals surface area contributed by atoms with Gasteiger partial charge < -0.3 is 15.0 Å². The van der Waals surface area contributed by atoms with Crippen molar-refractivity contribution in [1.29, 1.82) is 0 Å². The molecule has 1 aliphatic heterocycles. The second-order valence-corrected chi connectivity index (χ2v) is 6.04. The Morgan fingerprint density at radius 3 is 2.80 bits per heavy atom. The molecule has 2 rings (SSSR count). The van der Waals surface area contributed by atoms with Gasteiger partial charge in [-0.15, -0.1) is 0 Å². The van der Waals surface area contributed by atoms with Gasteiger partial charge in [-0.1, -0.05) is 17.7 Å². The first kappa shape index (κ1) is 15.6. The van der Waals surface area contributed by atoms with E-state index in [2.05, 4.69) is 17.3 Å². The van der Waals surface area contributed by atoms with Crippen LogP contribution in [0.1, 0.15) is 24.8 Å². The number of nitrogens with one attached hydrogen (secondary N) is 1. The highest BCUT2D eigenvalue weighted by Crippen LogP contribution is 2.26. The smallest absolute Gasteiger partial charge is 0.124 e. The van der Waals surface area contributed by atoms with E-state index < -0.39 is 0 Å². The predicted molar refractivity (Wildman–Crippen MR) is 84.5 cm³/mol. The summed E-state index contributed by atoms with van der Waals surface area (Å²) in [5.74, 6) is 1.73. The highest BCUT2D eigenvalue weighted by Gasteiger charge is 2.16. The van der Waals surface area contributed by atoms with Crippen LogP contribution in [-0.2, 0) is 6.54 Å². The van der Waals surface area contributed by atoms with Crippen molar-refractivity contribution in [1.82, 2.24) is 10.2 Å². The van der Waals surface area contributed by atoms with Crippen LogP contribution in [0, 0.1) is 5.92 Å². The highest BCUT2D eigenvalue weighted by molar-refractivity contribution is 6.31. The Labute approximate surface area is 127 Å². The summed E-state index contributed by atoms with van der Waals surface area (Å²) in [5.41, 5.74) is 1.06. The minimum absolute atomic E-state index is 0.773. The van der Waals surface area contributed by atoms with E-state index in [-0.39, 0.29) is 0 Å². The van der Waals surface area contributed by atoms with Crippen LogP contribution >= 0.6 is 11.6 Å². The van der Waals surface area contributed by atoms with Crippen molar-refractivity contribution in [3.63, 3.8) is 0 Å². The van der Waals surface area contributed by atoms with Gasteiger partial charge in [-0.25, -0.2) is 0 Å².